The van der Waals surface area contributed by atoms with Crippen LogP contribution in [0.3, 0.4) is 0 Å². The van der Waals surface area contributed by atoms with Crippen LogP contribution >= 0.6 is 20.2 Å². The molecule has 0 spiro atoms. The van der Waals surface area contributed by atoms with Gasteiger partial charge in [-0.3, -0.25) is 9.98 Å². The zero-order valence-electron chi connectivity index (χ0n) is 18.2. The summed E-state index contributed by atoms with van der Waals surface area (Å²) in [6, 6.07) is 22.5. The molecule has 0 amide bonds. The van der Waals surface area contributed by atoms with Crippen LogP contribution in [0.1, 0.15) is 50.2 Å². The molecule has 0 unspecified atom stereocenters. The monoisotopic (exact) mass is 495 g/mol. The molecule has 0 saturated heterocycles. The molecule has 0 fully saturated rings. The summed E-state index contributed by atoms with van der Waals surface area (Å²) in [5, 5.41) is 0. The third-order valence-electron chi connectivity index (χ3n) is 4.81. The molecule has 3 rings (SSSR count). The number of para-hydroxylation sites is 2. The predicted octanol–water partition coefficient (Wildman–Crippen LogP) is 7.86. The van der Waals surface area contributed by atoms with Crippen LogP contribution in [0.2, 0.25) is 0 Å². The van der Waals surface area contributed by atoms with E-state index in [1.54, 1.807) is 0 Å². The van der Waals surface area contributed by atoms with Crippen molar-refractivity contribution in [3.8, 4) is 0 Å². The van der Waals surface area contributed by atoms with E-state index in [4.69, 9.17) is 35.2 Å². The molecule has 0 N–H and O–H groups in total. The SMILES string of the molecule is CCc1ccccc1N=C(C)c1cccc(C(C)=Nc2ccccc2CC)n1.[Cl][Fe][Cl]. The van der Waals surface area contributed by atoms with Gasteiger partial charge in [-0.05, 0) is 62.1 Å². The van der Waals surface area contributed by atoms with Crippen LogP contribution in [0.25, 0.3) is 0 Å². The molecule has 3 aromatic rings. The maximum atomic E-state index is 4.83. The van der Waals surface area contributed by atoms with E-state index in [1.165, 1.54) is 11.1 Å². The third-order valence-corrected chi connectivity index (χ3v) is 4.81. The standard InChI is InChI=1S/C25H27N3.2ClH.Fe/c1-5-20-12-7-9-14-24(20)26-18(3)22-16-11-17-23(28-22)19(4)27-25-15-10-8-13-21(25)6-2;;;/h7-17H,5-6H2,1-4H3;2*1H;/q;;;+2/p-2. The molecule has 0 radical (unpaired) electrons. The number of rotatable bonds is 6. The van der Waals surface area contributed by atoms with E-state index < -0.39 is 0 Å². The Labute approximate surface area is 200 Å². The fourth-order valence-electron chi connectivity index (χ4n) is 3.15. The molecule has 0 aliphatic rings. The first kappa shape index (κ1) is 25.3. The molecule has 1 aromatic heterocycles. The normalized spacial score (nSPS) is 11.8. The molecule has 164 valence electrons. The summed E-state index contributed by atoms with van der Waals surface area (Å²) >= 11 is 0.194. The number of hydrogen-bond acceptors (Lipinski definition) is 3. The summed E-state index contributed by atoms with van der Waals surface area (Å²) in [7, 11) is 9.53. The quantitative estimate of drug-likeness (QED) is 0.253. The maximum absolute atomic E-state index is 4.83. The summed E-state index contributed by atoms with van der Waals surface area (Å²) in [5.74, 6) is 0. The minimum atomic E-state index is 0.194. The topological polar surface area (TPSA) is 37.6 Å². The first-order valence-corrected chi connectivity index (χ1v) is 13.2. The Kier molecular flexibility index (Phi) is 11.0. The van der Waals surface area contributed by atoms with E-state index in [2.05, 4.69) is 50.2 Å². The van der Waals surface area contributed by atoms with E-state index in [0.29, 0.717) is 0 Å². The van der Waals surface area contributed by atoms with Gasteiger partial charge < -0.3 is 0 Å². The van der Waals surface area contributed by atoms with Crippen molar-refractivity contribution in [2.24, 2.45) is 9.98 Å². The van der Waals surface area contributed by atoms with Gasteiger partial charge in [-0.1, -0.05) is 56.3 Å². The molecule has 2 aromatic carbocycles. The van der Waals surface area contributed by atoms with Crippen molar-refractivity contribution in [3.63, 3.8) is 0 Å². The Morgan fingerprint density at radius 2 is 1.10 bits per heavy atom. The van der Waals surface area contributed by atoms with Crippen LogP contribution in [0.15, 0.2) is 76.7 Å². The zero-order valence-corrected chi connectivity index (χ0v) is 20.8. The number of aromatic nitrogens is 1. The van der Waals surface area contributed by atoms with Gasteiger partial charge in [0, 0.05) is 0 Å². The van der Waals surface area contributed by atoms with Crippen molar-refractivity contribution in [1.82, 2.24) is 4.98 Å². The van der Waals surface area contributed by atoms with Crippen molar-refractivity contribution in [3.05, 3.63) is 89.2 Å². The van der Waals surface area contributed by atoms with E-state index >= 15 is 0 Å². The second-order valence-electron chi connectivity index (χ2n) is 6.82. The molecule has 0 aliphatic carbocycles. The molecule has 31 heavy (non-hydrogen) atoms. The van der Waals surface area contributed by atoms with E-state index in [0.717, 1.165) is 47.0 Å². The summed E-state index contributed by atoms with van der Waals surface area (Å²) in [5.41, 5.74) is 8.07. The minimum absolute atomic E-state index is 0.194. The van der Waals surface area contributed by atoms with Crippen LogP contribution in [-0.2, 0) is 26.0 Å². The fraction of sp³-hybridized carbons (Fsp3) is 0.240. The van der Waals surface area contributed by atoms with Crippen molar-refractivity contribution in [2.75, 3.05) is 0 Å². The number of pyridine rings is 1. The van der Waals surface area contributed by atoms with Gasteiger partial charge in [0.1, 0.15) is 0 Å². The van der Waals surface area contributed by atoms with Crippen molar-refractivity contribution < 1.29 is 13.1 Å². The number of halogens is 2. The van der Waals surface area contributed by atoms with Crippen LogP contribution < -0.4 is 0 Å². The summed E-state index contributed by atoms with van der Waals surface area (Å²) < 4.78 is 0. The number of nitrogens with zero attached hydrogens (tertiary/aromatic N) is 3. The number of benzene rings is 2. The average Bonchev–Trinajstić information content (AvgIpc) is 2.80. The van der Waals surface area contributed by atoms with E-state index in [1.807, 2.05) is 44.2 Å². The van der Waals surface area contributed by atoms with E-state index in [-0.39, 0.29) is 13.1 Å². The van der Waals surface area contributed by atoms with Crippen molar-refractivity contribution in [2.45, 2.75) is 40.5 Å². The van der Waals surface area contributed by atoms with Gasteiger partial charge in [0.2, 0.25) is 0 Å². The number of hydrogen-bond donors (Lipinski definition) is 0. The van der Waals surface area contributed by atoms with Crippen LogP contribution in [0, 0.1) is 0 Å². The Morgan fingerprint density at radius 3 is 1.48 bits per heavy atom. The summed E-state index contributed by atoms with van der Waals surface area (Å²) in [4.78, 5) is 14.5. The molecule has 0 bridgehead atoms. The van der Waals surface area contributed by atoms with Crippen LogP contribution in [0.5, 0.6) is 0 Å². The Balaban J connectivity index is 0.00000107. The Bertz CT molecular complexity index is 969. The zero-order chi connectivity index (χ0) is 22.6. The molecule has 0 saturated carbocycles. The molecule has 3 nitrogen and oxygen atoms in total. The predicted molar refractivity (Wildman–Crippen MR) is 131 cm³/mol. The molecule has 1 heterocycles. The fourth-order valence-corrected chi connectivity index (χ4v) is 3.15. The Hall–Kier alpha value is -1.97. The van der Waals surface area contributed by atoms with Gasteiger partial charge in [0.15, 0.2) is 0 Å². The summed E-state index contributed by atoms with van der Waals surface area (Å²) in [6.07, 6.45) is 1.92. The van der Waals surface area contributed by atoms with E-state index in [9.17, 15) is 0 Å². The van der Waals surface area contributed by atoms with Crippen LogP contribution in [-0.4, -0.2) is 16.4 Å². The molecule has 6 heteroatoms. The third kappa shape index (κ3) is 7.59. The molecule has 0 aliphatic heterocycles. The van der Waals surface area contributed by atoms with Crippen molar-refractivity contribution >= 4 is 43.0 Å². The second kappa shape index (κ2) is 13.4. The Morgan fingerprint density at radius 1 is 0.710 bits per heavy atom. The van der Waals surface area contributed by atoms with Crippen molar-refractivity contribution in [1.29, 1.82) is 0 Å². The van der Waals surface area contributed by atoms with Crippen LogP contribution in [0.4, 0.5) is 11.4 Å². The average molecular weight is 496 g/mol. The van der Waals surface area contributed by atoms with Gasteiger partial charge in [-0.2, -0.15) is 0 Å². The first-order valence-electron chi connectivity index (χ1n) is 10.1. The van der Waals surface area contributed by atoms with Gasteiger partial charge in [-0.25, -0.2) is 4.98 Å². The number of aryl methyl sites for hydroxylation is 2. The molecule has 0 atom stereocenters. The number of aliphatic imine (C=N–C) groups is 2. The van der Waals surface area contributed by atoms with Gasteiger partial charge in [-0.15, -0.1) is 0 Å². The second-order valence-corrected chi connectivity index (χ2v) is 8.64. The first-order chi connectivity index (χ1) is 15.0. The molecular formula is C25H27Cl2FeN3. The van der Waals surface area contributed by atoms with Gasteiger partial charge in [0.05, 0.1) is 34.2 Å². The van der Waals surface area contributed by atoms with Gasteiger partial charge in [0.25, 0.3) is 0 Å². The summed E-state index contributed by atoms with van der Waals surface area (Å²) in [6.45, 7) is 8.32. The van der Waals surface area contributed by atoms with Gasteiger partial charge >= 0.3 is 33.3 Å². The molecular weight excluding hydrogens is 469 g/mol.